The van der Waals surface area contributed by atoms with Crippen LogP contribution in [0.1, 0.15) is 25.1 Å². The maximum atomic E-state index is 3.38. The van der Waals surface area contributed by atoms with Gasteiger partial charge in [-0.1, -0.05) is 13.0 Å². The molecular weight excluding hydrogens is 216 g/mol. The minimum absolute atomic E-state index is 0.666. The summed E-state index contributed by atoms with van der Waals surface area (Å²) in [5.74, 6) is 0. The molecule has 2 nitrogen and oxygen atoms in total. The number of hydrogen-bond donors (Lipinski definition) is 1. The second-order valence-electron chi connectivity index (χ2n) is 4.30. The third kappa shape index (κ3) is 5.10. The van der Waals surface area contributed by atoms with Crippen molar-refractivity contribution in [2.75, 3.05) is 26.7 Å². The molecule has 0 bridgehead atoms. The second-order valence-corrected chi connectivity index (χ2v) is 5.33. The van der Waals surface area contributed by atoms with Crippen molar-refractivity contribution in [3.05, 3.63) is 22.4 Å². The molecule has 0 amide bonds. The molecule has 1 rings (SSSR count). The predicted octanol–water partition coefficient (Wildman–Crippen LogP) is 2.61. The first-order chi connectivity index (χ1) is 7.74. The highest BCUT2D eigenvalue weighted by Gasteiger charge is 2.08. The van der Waals surface area contributed by atoms with E-state index in [1.165, 1.54) is 17.7 Å². The standard InChI is InChI=1S/C13H24N2S/c1-4-14-9-7-12(2)15(3)10-8-13-6-5-11-16-13/h5-6,11-12,14H,4,7-10H2,1-3H3. The molecule has 1 aromatic heterocycles. The van der Waals surface area contributed by atoms with Crippen LogP contribution in [0.5, 0.6) is 0 Å². The quantitative estimate of drug-likeness (QED) is 0.703. The fourth-order valence-corrected chi connectivity index (χ4v) is 2.37. The Balaban J connectivity index is 2.15. The first-order valence-corrected chi connectivity index (χ1v) is 7.05. The zero-order chi connectivity index (χ0) is 11.8. The van der Waals surface area contributed by atoms with Gasteiger partial charge in [0.25, 0.3) is 0 Å². The van der Waals surface area contributed by atoms with Crippen LogP contribution in [-0.4, -0.2) is 37.6 Å². The molecule has 0 radical (unpaired) electrons. The normalized spacial score (nSPS) is 13.2. The highest BCUT2D eigenvalue weighted by molar-refractivity contribution is 7.09. The molecule has 92 valence electrons. The van der Waals surface area contributed by atoms with Crippen LogP contribution in [-0.2, 0) is 6.42 Å². The number of thiophene rings is 1. The maximum absolute atomic E-state index is 3.38. The summed E-state index contributed by atoms with van der Waals surface area (Å²) in [7, 11) is 2.23. The van der Waals surface area contributed by atoms with Crippen LogP contribution in [0.2, 0.25) is 0 Å². The van der Waals surface area contributed by atoms with Gasteiger partial charge >= 0.3 is 0 Å². The first-order valence-electron chi connectivity index (χ1n) is 6.17. The Morgan fingerprint density at radius 2 is 2.31 bits per heavy atom. The number of nitrogens with one attached hydrogen (secondary N) is 1. The first kappa shape index (κ1) is 13.7. The molecular formula is C13H24N2S. The zero-order valence-electron chi connectivity index (χ0n) is 10.7. The molecule has 0 saturated carbocycles. The Morgan fingerprint density at radius 1 is 1.50 bits per heavy atom. The largest absolute Gasteiger partial charge is 0.317 e. The summed E-state index contributed by atoms with van der Waals surface area (Å²) in [4.78, 5) is 3.95. The van der Waals surface area contributed by atoms with Crippen LogP contribution in [0.25, 0.3) is 0 Å². The number of rotatable bonds is 8. The van der Waals surface area contributed by atoms with Gasteiger partial charge in [-0.2, -0.15) is 0 Å². The van der Waals surface area contributed by atoms with E-state index in [0.717, 1.165) is 19.6 Å². The lowest BCUT2D eigenvalue weighted by Crippen LogP contribution is -2.33. The zero-order valence-corrected chi connectivity index (χ0v) is 11.5. The van der Waals surface area contributed by atoms with Crippen molar-refractivity contribution >= 4 is 11.3 Å². The van der Waals surface area contributed by atoms with Crippen LogP contribution in [0.4, 0.5) is 0 Å². The molecule has 0 aliphatic heterocycles. The maximum Gasteiger partial charge on any atom is 0.00760 e. The molecule has 0 aliphatic rings. The van der Waals surface area contributed by atoms with E-state index in [9.17, 15) is 0 Å². The van der Waals surface area contributed by atoms with Crippen molar-refractivity contribution in [1.82, 2.24) is 10.2 Å². The summed E-state index contributed by atoms with van der Waals surface area (Å²) >= 11 is 1.86. The number of hydrogen-bond acceptors (Lipinski definition) is 3. The third-order valence-corrected chi connectivity index (χ3v) is 3.97. The van der Waals surface area contributed by atoms with Crippen LogP contribution < -0.4 is 5.32 Å². The SMILES string of the molecule is CCNCCC(C)N(C)CCc1cccs1. The Labute approximate surface area is 104 Å². The smallest absolute Gasteiger partial charge is 0.00760 e. The van der Waals surface area contributed by atoms with Crippen molar-refractivity contribution < 1.29 is 0 Å². The highest BCUT2D eigenvalue weighted by atomic mass is 32.1. The van der Waals surface area contributed by atoms with E-state index in [1.54, 1.807) is 0 Å². The molecule has 1 atom stereocenters. The Bertz CT molecular complexity index is 259. The van der Waals surface area contributed by atoms with Gasteiger partial charge in [-0.15, -0.1) is 11.3 Å². The van der Waals surface area contributed by atoms with Crippen LogP contribution in [0.15, 0.2) is 17.5 Å². The molecule has 1 unspecified atom stereocenters. The molecule has 1 aromatic rings. The summed E-state index contributed by atoms with van der Waals surface area (Å²) in [5, 5.41) is 5.54. The summed E-state index contributed by atoms with van der Waals surface area (Å²) in [6.07, 6.45) is 2.41. The molecule has 0 aromatic carbocycles. The molecule has 3 heteroatoms. The molecule has 0 saturated heterocycles. The second kappa shape index (κ2) is 7.82. The minimum Gasteiger partial charge on any atom is -0.317 e. The van der Waals surface area contributed by atoms with Crippen LogP contribution in [0.3, 0.4) is 0 Å². The van der Waals surface area contributed by atoms with E-state index in [2.05, 4.69) is 48.6 Å². The lowest BCUT2D eigenvalue weighted by Gasteiger charge is -2.24. The fourth-order valence-electron chi connectivity index (χ4n) is 1.67. The number of nitrogens with zero attached hydrogens (tertiary/aromatic N) is 1. The van der Waals surface area contributed by atoms with Gasteiger partial charge in [-0.05, 0) is 51.3 Å². The van der Waals surface area contributed by atoms with Crippen LogP contribution in [0, 0.1) is 0 Å². The molecule has 0 aliphatic carbocycles. The third-order valence-electron chi connectivity index (χ3n) is 3.03. The van der Waals surface area contributed by atoms with E-state index in [4.69, 9.17) is 0 Å². The monoisotopic (exact) mass is 240 g/mol. The van der Waals surface area contributed by atoms with E-state index in [0.29, 0.717) is 6.04 Å². The lowest BCUT2D eigenvalue weighted by atomic mass is 10.2. The van der Waals surface area contributed by atoms with E-state index >= 15 is 0 Å². The van der Waals surface area contributed by atoms with Crippen molar-refractivity contribution in [2.45, 2.75) is 32.7 Å². The van der Waals surface area contributed by atoms with Gasteiger partial charge < -0.3 is 10.2 Å². The fraction of sp³-hybridized carbons (Fsp3) is 0.692. The summed E-state index contributed by atoms with van der Waals surface area (Å²) in [6.45, 7) is 7.83. The summed E-state index contributed by atoms with van der Waals surface area (Å²) < 4.78 is 0. The summed E-state index contributed by atoms with van der Waals surface area (Å²) in [6, 6.07) is 5.02. The van der Waals surface area contributed by atoms with Gasteiger partial charge in [0, 0.05) is 17.5 Å². The van der Waals surface area contributed by atoms with Gasteiger partial charge in [-0.3, -0.25) is 0 Å². The van der Waals surface area contributed by atoms with Gasteiger partial charge in [0.2, 0.25) is 0 Å². The van der Waals surface area contributed by atoms with Gasteiger partial charge in [0.05, 0.1) is 0 Å². The molecule has 1 N–H and O–H groups in total. The average Bonchev–Trinajstić information content (AvgIpc) is 2.79. The van der Waals surface area contributed by atoms with E-state index < -0.39 is 0 Å². The Hall–Kier alpha value is -0.380. The topological polar surface area (TPSA) is 15.3 Å². The lowest BCUT2D eigenvalue weighted by molar-refractivity contribution is 0.248. The van der Waals surface area contributed by atoms with E-state index in [1.807, 2.05) is 11.3 Å². The van der Waals surface area contributed by atoms with Crippen molar-refractivity contribution in [2.24, 2.45) is 0 Å². The van der Waals surface area contributed by atoms with Gasteiger partial charge in [0.15, 0.2) is 0 Å². The molecule has 0 spiro atoms. The van der Waals surface area contributed by atoms with Crippen molar-refractivity contribution in [3.8, 4) is 0 Å². The highest BCUT2D eigenvalue weighted by Crippen LogP contribution is 2.10. The number of likely N-dealkylation sites (N-methyl/N-ethyl adjacent to an activating group) is 1. The summed E-state index contributed by atoms with van der Waals surface area (Å²) in [5.41, 5.74) is 0. The van der Waals surface area contributed by atoms with Crippen molar-refractivity contribution in [3.63, 3.8) is 0 Å². The van der Waals surface area contributed by atoms with Crippen molar-refractivity contribution in [1.29, 1.82) is 0 Å². The van der Waals surface area contributed by atoms with E-state index in [-0.39, 0.29) is 0 Å². The molecule has 1 heterocycles. The molecule has 16 heavy (non-hydrogen) atoms. The minimum atomic E-state index is 0.666. The Kier molecular flexibility index (Phi) is 6.69. The van der Waals surface area contributed by atoms with Gasteiger partial charge in [-0.25, -0.2) is 0 Å². The Morgan fingerprint density at radius 3 is 2.94 bits per heavy atom. The predicted molar refractivity (Wildman–Crippen MR) is 73.3 cm³/mol. The average molecular weight is 240 g/mol. The van der Waals surface area contributed by atoms with Crippen LogP contribution >= 0.6 is 11.3 Å². The van der Waals surface area contributed by atoms with Gasteiger partial charge in [0.1, 0.15) is 0 Å². The molecule has 0 fully saturated rings.